The number of ether oxygens (including phenoxy) is 1. The summed E-state index contributed by atoms with van der Waals surface area (Å²) in [6, 6.07) is 5.96. The number of benzene rings is 1. The van der Waals surface area contributed by atoms with Crippen LogP contribution in [0.15, 0.2) is 22.4 Å². The van der Waals surface area contributed by atoms with Crippen LogP contribution in [-0.4, -0.2) is 13.4 Å². The van der Waals surface area contributed by atoms with Gasteiger partial charge in [0.25, 0.3) is 0 Å². The first-order valence-electron chi connectivity index (χ1n) is 4.17. The molecule has 0 amide bonds. The van der Waals surface area contributed by atoms with E-state index in [1.165, 1.54) is 0 Å². The zero-order valence-corrected chi connectivity index (χ0v) is 9.67. The van der Waals surface area contributed by atoms with Crippen LogP contribution in [0.4, 0.5) is 5.69 Å². The average molecular weight is 225 g/mol. The minimum atomic E-state index is 0.872. The Labute approximate surface area is 91.1 Å². The minimum Gasteiger partial charge on any atom is -0.495 e. The summed E-state index contributed by atoms with van der Waals surface area (Å²) in [6.45, 7) is 0. The van der Waals surface area contributed by atoms with Crippen LogP contribution >= 0.6 is 23.1 Å². The first-order valence-corrected chi connectivity index (χ1v) is 6.21. The van der Waals surface area contributed by atoms with Gasteiger partial charge in [0.05, 0.1) is 21.7 Å². The van der Waals surface area contributed by atoms with Gasteiger partial charge in [0.1, 0.15) is 5.75 Å². The molecule has 14 heavy (non-hydrogen) atoms. The Morgan fingerprint density at radius 1 is 1.43 bits per heavy atom. The van der Waals surface area contributed by atoms with Crippen LogP contribution in [0, 0.1) is 0 Å². The second kappa shape index (κ2) is 3.71. The fraction of sp³-hybridized carbons (Fsp3) is 0.200. The highest BCUT2D eigenvalue weighted by atomic mass is 32.2. The van der Waals surface area contributed by atoms with Crippen molar-refractivity contribution in [2.75, 3.05) is 19.1 Å². The maximum atomic E-state index is 6.01. The lowest BCUT2D eigenvalue weighted by Crippen LogP contribution is -1.84. The molecule has 0 aliphatic heterocycles. The van der Waals surface area contributed by atoms with Crippen LogP contribution in [0.25, 0.3) is 10.1 Å². The highest BCUT2D eigenvalue weighted by molar-refractivity contribution is 8.00. The second-order valence-electron chi connectivity index (χ2n) is 2.84. The SMILES string of the molecule is COc1cccc2c(N)c(SC)sc12. The van der Waals surface area contributed by atoms with Gasteiger partial charge in [-0.2, -0.15) is 0 Å². The molecule has 1 aromatic heterocycles. The van der Waals surface area contributed by atoms with Crippen molar-refractivity contribution >= 4 is 38.9 Å². The Kier molecular flexibility index (Phi) is 2.56. The van der Waals surface area contributed by atoms with E-state index in [2.05, 4.69) is 0 Å². The number of rotatable bonds is 2. The molecule has 74 valence electrons. The van der Waals surface area contributed by atoms with Gasteiger partial charge >= 0.3 is 0 Å². The zero-order chi connectivity index (χ0) is 10.1. The summed E-state index contributed by atoms with van der Waals surface area (Å²) in [5.41, 5.74) is 6.88. The lowest BCUT2D eigenvalue weighted by Gasteiger charge is -1.99. The Morgan fingerprint density at radius 3 is 2.86 bits per heavy atom. The van der Waals surface area contributed by atoms with Crippen molar-refractivity contribution in [1.29, 1.82) is 0 Å². The monoisotopic (exact) mass is 225 g/mol. The van der Waals surface area contributed by atoms with E-state index in [1.54, 1.807) is 30.2 Å². The van der Waals surface area contributed by atoms with Crippen molar-refractivity contribution in [1.82, 2.24) is 0 Å². The molecule has 1 heterocycles. The molecular weight excluding hydrogens is 214 g/mol. The van der Waals surface area contributed by atoms with Crippen LogP contribution in [0.1, 0.15) is 0 Å². The number of hydrogen-bond donors (Lipinski definition) is 1. The maximum absolute atomic E-state index is 6.01. The smallest absolute Gasteiger partial charge is 0.136 e. The van der Waals surface area contributed by atoms with Gasteiger partial charge in [-0.3, -0.25) is 0 Å². The average Bonchev–Trinajstić information content (AvgIpc) is 2.55. The van der Waals surface area contributed by atoms with E-state index in [-0.39, 0.29) is 0 Å². The topological polar surface area (TPSA) is 35.2 Å². The van der Waals surface area contributed by atoms with Gasteiger partial charge in [-0.15, -0.1) is 23.1 Å². The first kappa shape index (κ1) is 9.68. The number of hydrogen-bond acceptors (Lipinski definition) is 4. The number of methoxy groups -OCH3 is 1. The van der Waals surface area contributed by atoms with Crippen molar-refractivity contribution in [3.8, 4) is 5.75 Å². The molecule has 4 heteroatoms. The van der Waals surface area contributed by atoms with Gasteiger partial charge in [-0.1, -0.05) is 12.1 Å². The van der Waals surface area contributed by atoms with Crippen molar-refractivity contribution in [3.63, 3.8) is 0 Å². The van der Waals surface area contributed by atoms with E-state index in [9.17, 15) is 0 Å². The van der Waals surface area contributed by atoms with Crippen molar-refractivity contribution in [3.05, 3.63) is 18.2 Å². The van der Waals surface area contributed by atoms with E-state index >= 15 is 0 Å². The summed E-state index contributed by atoms with van der Waals surface area (Å²) in [5.74, 6) is 0.902. The molecule has 0 unspecified atom stereocenters. The predicted molar refractivity (Wildman–Crippen MR) is 64.6 cm³/mol. The lowest BCUT2D eigenvalue weighted by molar-refractivity contribution is 0.420. The number of fused-ring (bicyclic) bond motifs is 1. The Balaban J connectivity index is 2.77. The quantitative estimate of drug-likeness (QED) is 0.797. The fourth-order valence-electron chi connectivity index (χ4n) is 1.40. The van der Waals surface area contributed by atoms with Crippen LogP contribution in [0.3, 0.4) is 0 Å². The molecule has 0 atom stereocenters. The van der Waals surface area contributed by atoms with Gasteiger partial charge < -0.3 is 10.5 Å². The van der Waals surface area contributed by atoms with Crippen LogP contribution in [-0.2, 0) is 0 Å². The van der Waals surface area contributed by atoms with E-state index < -0.39 is 0 Å². The Bertz CT molecular complexity index is 464. The number of nitrogen functional groups attached to an aromatic ring is 1. The predicted octanol–water partition coefficient (Wildman–Crippen LogP) is 3.21. The summed E-state index contributed by atoms with van der Waals surface area (Å²) in [6.07, 6.45) is 2.04. The molecular formula is C10H11NOS2. The van der Waals surface area contributed by atoms with Crippen molar-refractivity contribution < 1.29 is 4.74 Å². The highest BCUT2D eigenvalue weighted by Gasteiger charge is 2.11. The summed E-state index contributed by atoms with van der Waals surface area (Å²) in [7, 11) is 1.68. The Hall–Kier alpha value is -0.870. The molecule has 0 bridgehead atoms. The van der Waals surface area contributed by atoms with Gasteiger partial charge in [-0.25, -0.2) is 0 Å². The summed E-state index contributed by atoms with van der Waals surface area (Å²) in [4.78, 5) is 0. The molecule has 0 fully saturated rings. The van der Waals surface area contributed by atoms with Gasteiger partial charge in [0.15, 0.2) is 0 Å². The van der Waals surface area contributed by atoms with Gasteiger partial charge in [0, 0.05) is 5.39 Å². The molecule has 0 spiro atoms. The molecule has 0 aliphatic rings. The molecule has 2 aromatic rings. The van der Waals surface area contributed by atoms with Crippen LogP contribution in [0.2, 0.25) is 0 Å². The fourth-order valence-corrected chi connectivity index (χ4v) is 3.26. The van der Waals surface area contributed by atoms with Crippen LogP contribution in [0.5, 0.6) is 5.75 Å². The summed E-state index contributed by atoms with van der Waals surface area (Å²) in [5, 5.41) is 1.10. The Morgan fingerprint density at radius 2 is 2.21 bits per heavy atom. The summed E-state index contributed by atoms with van der Waals surface area (Å²) >= 11 is 3.37. The van der Waals surface area contributed by atoms with Crippen LogP contribution < -0.4 is 10.5 Å². The van der Waals surface area contributed by atoms with Gasteiger partial charge in [-0.05, 0) is 12.3 Å². The molecule has 0 aliphatic carbocycles. The third kappa shape index (κ3) is 1.35. The normalized spacial score (nSPS) is 10.7. The number of thioether (sulfide) groups is 1. The number of anilines is 1. The second-order valence-corrected chi connectivity index (χ2v) is 4.94. The molecule has 2 rings (SSSR count). The number of thiophene rings is 1. The van der Waals surface area contributed by atoms with Crippen molar-refractivity contribution in [2.24, 2.45) is 0 Å². The minimum absolute atomic E-state index is 0.872. The van der Waals surface area contributed by atoms with E-state index in [0.29, 0.717) is 0 Å². The van der Waals surface area contributed by atoms with Crippen molar-refractivity contribution in [2.45, 2.75) is 4.21 Å². The number of nitrogens with two attached hydrogens (primary N) is 1. The van der Waals surface area contributed by atoms with E-state index in [0.717, 1.165) is 25.7 Å². The third-order valence-electron chi connectivity index (χ3n) is 2.09. The van der Waals surface area contributed by atoms with E-state index in [4.69, 9.17) is 10.5 Å². The molecule has 0 radical (unpaired) electrons. The third-order valence-corrected chi connectivity index (χ3v) is 4.46. The molecule has 1 aromatic carbocycles. The van der Waals surface area contributed by atoms with E-state index in [1.807, 2.05) is 24.5 Å². The van der Waals surface area contributed by atoms with Gasteiger partial charge in [0.2, 0.25) is 0 Å². The largest absolute Gasteiger partial charge is 0.495 e. The standard InChI is InChI=1S/C10H11NOS2/c1-12-7-5-3-4-6-8(11)10(13-2)14-9(6)7/h3-5H,11H2,1-2H3. The molecule has 0 saturated heterocycles. The molecule has 0 saturated carbocycles. The zero-order valence-electron chi connectivity index (χ0n) is 8.03. The lowest BCUT2D eigenvalue weighted by atomic mass is 10.2. The highest BCUT2D eigenvalue weighted by Crippen LogP contribution is 2.43. The maximum Gasteiger partial charge on any atom is 0.136 e. The first-order chi connectivity index (χ1) is 6.77. The molecule has 2 nitrogen and oxygen atoms in total. The molecule has 2 N–H and O–H groups in total. The summed E-state index contributed by atoms with van der Waals surface area (Å²) < 4.78 is 7.58.